The summed E-state index contributed by atoms with van der Waals surface area (Å²) in [4.78, 5) is 10.8. The number of rotatable bonds is 4. The predicted molar refractivity (Wildman–Crippen MR) is 90.1 cm³/mol. The summed E-state index contributed by atoms with van der Waals surface area (Å²) < 4.78 is 39.3. The zero-order chi connectivity index (χ0) is 16.6. The molecule has 0 bridgehead atoms. The SMILES string of the molecule is CCSc1ccsc1-c1nc2cc(SC(F)(F)F)cnc2n1C. The molecule has 0 radical (unpaired) electrons. The highest BCUT2D eigenvalue weighted by atomic mass is 32.2. The van der Waals surface area contributed by atoms with Crippen molar-refractivity contribution in [2.45, 2.75) is 22.2 Å². The number of imidazole rings is 1. The molecule has 0 amide bonds. The number of alkyl halides is 3. The van der Waals surface area contributed by atoms with Gasteiger partial charge in [-0.05, 0) is 35.0 Å². The van der Waals surface area contributed by atoms with Gasteiger partial charge in [0, 0.05) is 23.0 Å². The van der Waals surface area contributed by atoms with Crippen LogP contribution >= 0.6 is 34.9 Å². The summed E-state index contributed by atoms with van der Waals surface area (Å²) in [7, 11) is 1.83. The second kappa shape index (κ2) is 6.37. The van der Waals surface area contributed by atoms with Crippen molar-refractivity contribution < 1.29 is 13.2 Å². The van der Waals surface area contributed by atoms with Crippen LogP contribution in [-0.2, 0) is 7.05 Å². The monoisotopic (exact) mass is 375 g/mol. The second-order valence-electron chi connectivity index (χ2n) is 4.60. The largest absolute Gasteiger partial charge is 0.446 e. The molecule has 3 aromatic rings. The molecular formula is C14H12F3N3S3. The van der Waals surface area contributed by atoms with Crippen molar-refractivity contribution in [1.29, 1.82) is 0 Å². The van der Waals surface area contributed by atoms with Crippen LogP contribution in [0, 0.1) is 0 Å². The number of nitrogens with zero attached hydrogens (tertiary/aromatic N) is 3. The number of hydrogen-bond donors (Lipinski definition) is 0. The van der Waals surface area contributed by atoms with Gasteiger partial charge in [-0.25, -0.2) is 9.97 Å². The molecule has 0 spiro atoms. The van der Waals surface area contributed by atoms with Crippen LogP contribution in [0.25, 0.3) is 21.9 Å². The van der Waals surface area contributed by atoms with Crippen molar-refractivity contribution in [1.82, 2.24) is 14.5 Å². The lowest BCUT2D eigenvalue weighted by Crippen LogP contribution is -1.99. The van der Waals surface area contributed by atoms with Crippen molar-refractivity contribution in [3.8, 4) is 10.7 Å². The Balaban J connectivity index is 2.06. The van der Waals surface area contributed by atoms with Crippen molar-refractivity contribution in [2.24, 2.45) is 7.05 Å². The van der Waals surface area contributed by atoms with E-state index in [1.54, 1.807) is 23.1 Å². The molecule has 0 saturated carbocycles. The first-order valence-corrected chi connectivity index (χ1v) is 9.36. The number of aryl methyl sites for hydroxylation is 1. The summed E-state index contributed by atoms with van der Waals surface area (Å²) in [6.07, 6.45) is 1.24. The van der Waals surface area contributed by atoms with Gasteiger partial charge in [-0.3, -0.25) is 0 Å². The number of fused-ring (bicyclic) bond motifs is 1. The predicted octanol–water partition coefficient (Wildman–Crippen LogP) is 5.42. The van der Waals surface area contributed by atoms with Crippen molar-refractivity contribution in [2.75, 3.05) is 5.75 Å². The third kappa shape index (κ3) is 3.51. The number of hydrogen-bond acceptors (Lipinski definition) is 5. The highest BCUT2D eigenvalue weighted by Gasteiger charge is 2.29. The molecular weight excluding hydrogens is 363 g/mol. The van der Waals surface area contributed by atoms with Crippen LogP contribution in [0.2, 0.25) is 0 Å². The van der Waals surface area contributed by atoms with Crippen molar-refractivity contribution in [3.63, 3.8) is 0 Å². The van der Waals surface area contributed by atoms with Gasteiger partial charge < -0.3 is 4.57 Å². The Bertz CT molecular complexity index is 839. The van der Waals surface area contributed by atoms with E-state index in [0.29, 0.717) is 11.2 Å². The lowest BCUT2D eigenvalue weighted by molar-refractivity contribution is -0.0328. The maximum absolute atomic E-state index is 12.5. The molecule has 0 aromatic carbocycles. The maximum atomic E-state index is 12.5. The molecule has 23 heavy (non-hydrogen) atoms. The fraction of sp³-hybridized carbons (Fsp3) is 0.286. The molecule has 122 valence electrons. The molecule has 9 heteroatoms. The summed E-state index contributed by atoms with van der Waals surface area (Å²) in [6.45, 7) is 2.07. The minimum Gasteiger partial charge on any atom is -0.311 e. The number of thioether (sulfide) groups is 2. The molecule has 0 saturated heterocycles. The van der Waals surface area contributed by atoms with Gasteiger partial charge in [-0.1, -0.05) is 6.92 Å². The maximum Gasteiger partial charge on any atom is 0.446 e. The average molecular weight is 375 g/mol. The van der Waals surface area contributed by atoms with Crippen molar-refractivity contribution in [3.05, 3.63) is 23.7 Å². The molecule has 0 fully saturated rings. The van der Waals surface area contributed by atoms with Crippen LogP contribution in [0.3, 0.4) is 0 Å². The van der Waals surface area contributed by atoms with Crippen molar-refractivity contribution >= 4 is 46.0 Å². The van der Waals surface area contributed by atoms with Crippen LogP contribution in [0.15, 0.2) is 33.5 Å². The van der Waals surface area contributed by atoms with Crippen LogP contribution in [0.4, 0.5) is 13.2 Å². The van der Waals surface area contributed by atoms with E-state index < -0.39 is 5.51 Å². The summed E-state index contributed by atoms with van der Waals surface area (Å²) in [5, 5.41) is 1.99. The fourth-order valence-corrected chi connectivity index (χ4v) is 4.64. The molecule has 0 aliphatic heterocycles. The average Bonchev–Trinajstić information content (AvgIpc) is 3.02. The van der Waals surface area contributed by atoms with E-state index in [-0.39, 0.29) is 16.7 Å². The smallest absolute Gasteiger partial charge is 0.311 e. The molecule has 3 heterocycles. The Hall–Kier alpha value is -1.19. The third-order valence-corrected chi connectivity index (χ3v) is 5.72. The molecule has 3 nitrogen and oxygen atoms in total. The molecule has 0 N–H and O–H groups in total. The third-order valence-electron chi connectivity index (χ3n) is 3.05. The Morgan fingerprint density at radius 2 is 2.13 bits per heavy atom. The number of halogens is 3. The Morgan fingerprint density at radius 3 is 2.83 bits per heavy atom. The first-order chi connectivity index (χ1) is 10.9. The van der Waals surface area contributed by atoms with E-state index in [9.17, 15) is 13.2 Å². The van der Waals surface area contributed by atoms with Crippen LogP contribution < -0.4 is 0 Å². The highest BCUT2D eigenvalue weighted by molar-refractivity contribution is 8.00. The van der Waals surface area contributed by atoms with Crippen LogP contribution in [-0.4, -0.2) is 25.8 Å². The normalized spacial score (nSPS) is 12.2. The van der Waals surface area contributed by atoms with Crippen LogP contribution in [0.1, 0.15) is 6.92 Å². The first kappa shape index (κ1) is 16.7. The second-order valence-corrected chi connectivity index (χ2v) is 7.96. The zero-order valence-corrected chi connectivity index (χ0v) is 14.7. The van der Waals surface area contributed by atoms with Gasteiger partial charge in [0.2, 0.25) is 0 Å². The summed E-state index contributed by atoms with van der Waals surface area (Å²) in [5.41, 5.74) is -3.28. The zero-order valence-electron chi connectivity index (χ0n) is 12.2. The van der Waals surface area contributed by atoms with Gasteiger partial charge in [0.05, 0.1) is 4.88 Å². The van der Waals surface area contributed by atoms with Gasteiger partial charge in [-0.15, -0.1) is 23.1 Å². The van der Waals surface area contributed by atoms with Gasteiger partial charge >= 0.3 is 5.51 Å². The lowest BCUT2D eigenvalue weighted by Gasteiger charge is -2.04. The Labute approximate surface area is 143 Å². The summed E-state index contributed by atoms with van der Waals surface area (Å²) in [5.74, 6) is 1.67. The number of thiophene rings is 1. The molecule has 0 unspecified atom stereocenters. The molecule has 0 aliphatic rings. The minimum absolute atomic E-state index is 0.0454. The van der Waals surface area contributed by atoms with E-state index >= 15 is 0 Å². The highest BCUT2D eigenvalue weighted by Crippen LogP contribution is 2.39. The van der Waals surface area contributed by atoms with E-state index in [1.165, 1.54) is 12.3 Å². The van der Waals surface area contributed by atoms with E-state index in [1.807, 2.05) is 23.1 Å². The van der Waals surface area contributed by atoms with Gasteiger partial charge in [0.25, 0.3) is 0 Å². The number of aromatic nitrogens is 3. The molecule has 3 rings (SSSR count). The molecule has 3 aromatic heterocycles. The number of pyridine rings is 1. The Morgan fingerprint density at radius 1 is 1.35 bits per heavy atom. The summed E-state index contributed by atoms with van der Waals surface area (Å²) in [6, 6.07) is 3.47. The fourth-order valence-electron chi connectivity index (χ4n) is 2.18. The van der Waals surface area contributed by atoms with Gasteiger partial charge in [0.15, 0.2) is 11.5 Å². The van der Waals surface area contributed by atoms with E-state index in [4.69, 9.17) is 0 Å². The van der Waals surface area contributed by atoms with Crippen LogP contribution in [0.5, 0.6) is 0 Å². The lowest BCUT2D eigenvalue weighted by atomic mass is 10.4. The Kier molecular flexibility index (Phi) is 4.61. The summed E-state index contributed by atoms with van der Waals surface area (Å²) >= 11 is 3.11. The molecule has 0 atom stereocenters. The van der Waals surface area contributed by atoms with Gasteiger partial charge in [0.1, 0.15) is 5.52 Å². The molecule has 0 aliphatic carbocycles. The topological polar surface area (TPSA) is 30.7 Å². The first-order valence-electron chi connectivity index (χ1n) is 6.68. The van der Waals surface area contributed by atoms with Gasteiger partial charge in [-0.2, -0.15) is 13.2 Å². The van der Waals surface area contributed by atoms with E-state index in [2.05, 4.69) is 16.9 Å². The standard InChI is InChI=1S/C14H12F3N3S3/c1-3-21-10-4-5-22-11(10)13-19-9-6-8(23-14(15,16)17)7-18-12(9)20(13)2/h4-7H,3H2,1-2H3. The van der Waals surface area contributed by atoms with E-state index in [0.717, 1.165) is 21.3 Å². The minimum atomic E-state index is -4.33. The quantitative estimate of drug-likeness (QED) is 0.570.